The van der Waals surface area contributed by atoms with Gasteiger partial charge in [0.25, 0.3) is 0 Å². The zero-order chi connectivity index (χ0) is 41.4. The van der Waals surface area contributed by atoms with Crippen molar-refractivity contribution in [3.63, 3.8) is 0 Å². The summed E-state index contributed by atoms with van der Waals surface area (Å²) in [5, 5.41) is 4.64. The molecule has 0 aliphatic heterocycles. The number of pyridine rings is 3. The normalized spacial score (nSPS) is 11.8. The lowest BCUT2D eigenvalue weighted by molar-refractivity contribution is 0.667. The standard InChI is InChI=1S/C55H33N7O/c1-3-12-34(13-4-1)45-31-52(60-55(59-45)35-14-5-2-6-15-35)62-47-19-10-8-17-41(47)43-29-36(22-25-48(43)62)37-21-23-42-40-16-7-9-18-46(40)61(49(42)30-37)39-28-38(32-56-33-39)44-24-26-51-54(58-44)53-50(63-51)20-11-27-57-53/h1-33H. The van der Waals surface area contributed by atoms with Crippen LogP contribution < -0.4 is 0 Å². The zero-order valence-corrected chi connectivity index (χ0v) is 33.6. The van der Waals surface area contributed by atoms with Crippen molar-refractivity contribution in [3.05, 3.63) is 201 Å². The highest BCUT2D eigenvalue weighted by Crippen LogP contribution is 2.39. The lowest BCUT2D eigenvalue weighted by Crippen LogP contribution is -2.02. The number of nitrogens with zero attached hydrogens (tertiary/aromatic N) is 7. The molecule has 0 saturated heterocycles. The SMILES string of the molecule is c1ccc(-c2cc(-n3c4ccccc4c4cc(-c5ccc6c7ccccc7n(-c7cncc(-c8ccc9oc%10cccnc%10c9n8)c7)c6c5)ccc43)nc(-c3ccccc3)n2)cc1. The van der Waals surface area contributed by atoms with E-state index in [1.807, 2.05) is 73.1 Å². The third-order valence-corrected chi connectivity index (χ3v) is 12.1. The summed E-state index contributed by atoms with van der Waals surface area (Å²) < 4.78 is 10.6. The Hall–Kier alpha value is -8.75. The second-order valence-electron chi connectivity index (χ2n) is 15.8. The van der Waals surface area contributed by atoms with E-state index in [1.54, 1.807) is 6.20 Å². The molecule has 0 aliphatic carbocycles. The smallest absolute Gasteiger partial charge is 0.162 e. The van der Waals surface area contributed by atoms with Gasteiger partial charge in [-0.3, -0.25) is 14.5 Å². The Balaban J connectivity index is 0.961. The molecule has 0 N–H and O–H groups in total. The van der Waals surface area contributed by atoms with Crippen LogP contribution in [0.5, 0.6) is 0 Å². The van der Waals surface area contributed by atoms with Crippen molar-refractivity contribution >= 4 is 65.8 Å². The maximum absolute atomic E-state index is 6.02. The number of furan rings is 1. The summed E-state index contributed by atoms with van der Waals surface area (Å²) in [6, 6.07) is 63.2. The van der Waals surface area contributed by atoms with Gasteiger partial charge in [0.2, 0.25) is 0 Å². The second kappa shape index (κ2) is 13.9. The Kier molecular flexibility index (Phi) is 7.74. The van der Waals surface area contributed by atoms with E-state index in [9.17, 15) is 0 Å². The molecule has 7 heterocycles. The van der Waals surface area contributed by atoms with Gasteiger partial charge in [0.1, 0.15) is 16.9 Å². The Bertz CT molecular complexity index is 3870. The lowest BCUT2D eigenvalue weighted by Gasteiger charge is -2.12. The number of fused-ring (bicyclic) bond motifs is 9. The molecular weight excluding hydrogens is 775 g/mol. The highest BCUT2D eigenvalue weighted by Gasteiger charge is 2.19. The average Bonchev–Trinajstić information content (AvgIpc) is 4.01. The molecule has 0 spiro atoms. The first-order valence-electron chi connectivity index (χ1n) is 20.9. The molecule has 0 amide bonds. The highest BCUT2D eigenvalue weighted by atomic mass is 16.3. The average molecular weight is 808 g/mol. The first kappa shape index (κ1) is 35.0. The number of hydrogen-bond acceptors (Lipinski definition) is 6. The van der Waals surface area contributed by atoms with Crippen molar-refractivity contribution in [2.24, 2.45) is 0 Å². The molecule has 8 nitrogen and oxygen atoms in total. The molecule has 0 unspecified atom stereocenters. The molecular formula is C55H33N7O. The Morgan fingerprint density at radius 1 is 0.381 bits per heavy atom. The molecule has 13 aromatic rings. The molecule has 8 heteroatoms. The van der Waals surface area contributed by atoms with Crippen LogP contribution in [0.4, 0.5) is 0 Å². The van der Waals surface area contributed by atoms with Gasteiger partial charge in [0.05, 0.1) is 45.3 Å². The molecule has 0 saturated carbocycles. The van der Waals surface area contributed by atoms with E-state index in [-0.39, 0.29) is 0 Å². The fourth-order valence-electron chi connectivity index (χ4n) is 9.17. The highest BCUT2D eigenvalue weighted by molar-refractivity contribution is 6.12. The van der Waals surface area contributed by atoms with Gasteiger partial charge in [0.15, 0.2) is 17.0 Å². The third-order valence-electron chi connectivity index (χ3n) is 12.1. The van der Waals surface area contributed by atoms with Crippen LogP contribution in [0.2, 0.25) is 0 Å². The molecule has 6 aromatic carbocycles. The minimum atomic E-state index is 0.681. The van der Waals surface area contributed by atoms with Crippen LogP contribution in [-0.4, -0.2) is 34.1 Å². The monoisotopic (exact) mass is 807 g/mol. The number of para-hydroxylation sites is 2. The van der Waals surface area contributed by atoms with Crippen LogP contribution in [0.25, 0.3) is 122 Å². The van der Waals surface area contributed by atoms with Crippen molar-refractivity contribution in [2.45, 2.75) is 0 Å². The van der Waals surface area contributed by atoms with Gasteiger partial charge >= 0.3 is 0 Å². The van der Waals surface area contributed by atoms with Crippen molar-refractivity contribution in [1.82, 2.24) is 34.1 Å². The van der Waals surface area contributed by atoms with Gasteiger partial charge in [-0.1, -0.05) is 115 Å². The molecule has 13 rings (SSSR count). The molecule has 0 bridgehead atoms. The van der Waals surface area contributed by atoms with E-state index in [2.05, 4.69) is 135 Å². The number of benzene rings is 6. The molecule has 7 aromatic heterocycles. The number of hydrogen-bond donors (Lipinski definition) is 0. The van der Waals surface area contributed by atoms with Crippen molar-refractivity contribution in [3.8, 4) is 56.5 Å². The predicted molar refractivity (Wildman–Crippen MR) is 253 cm³/mol. The van der Waals surface area contributed by atoms with Crippen molar-refractivity contribution < 1.29 is 4.42 Å². The number of aromatic nitrogens is 7. The van der Waals surface area contributed by atoms with E-state index < -0.39 is 0 Å². The van der Waals surface area contributed by atoms with Crippen molar-refractivity contribution in [1.29, 1.82) is 0 Å². The largest absolute Gasteiger partial charge is 0.453 e. The summed E-state index contributed by atoms with van der Waals surface area (Å²) in [4.78, 5) is 24.6. The topological polar surface area (TPSA) is 87.5 Å². The van der Waals surface area contributed by atoms with Crippen LogP contribution >= 0.6 is 0 Å². The maximum atomic E-state index is 6.02. The van der Waals surface area contributed by atoms with Gasteiger partial charge < -0.3 is 8.98 Å². The van der Waals surface area contributed by atoms with E-state index in [1.165, 1.54) is 10.8 Å². The van der Waals surface area contributed by atoms with Gasteiger partial charge in [-0.2, -0.15) is 0 Å². The summed E-state index contributed by atoms with van der Waals surface area (Å²) in [5.41, 5.74) is 15.0. The van der Waals surface area contributed by atoms with Crippen molar-refractivity contribution in [2.75, 3.05) is 0 Å². The summed E-state index contributed by atoms with van der Waals surface area (Å²) >= 11 is 0. The minimum Gasteiger partial charge on any atom is -0.453 e. The fraction of sp³-hybridized carbons (Fsp3) is 0. The van der Waals surface area contributed by atoms with E-state index >= 15 is 0 Å². The molecule has 0 atom stereocenters. The third kappa shape index (κ3) is 5.66. The van der Waals surface area contributed by atoms with Crippen LogP contribution in [0, 0.1) is 0 Å². The minimum absolute atomic E-state index is 0.681. The second-order valence-corrected chi connectivity index (χ2v) is 15.8. The van der Waals surface area contributed by atoms with E-state index in [0.717, 1.165) is 100 Å². The first-order valence-corrected chi connectivity index (χ1v) is 20.9. The van der Waals surface area contributed by atoms with Gasteiger partial charge in [-0.25, -0.2) is 15.0 Å². The molecule has 63 heavy (non-hydrogen) atoms. The molecule has 0 aliphatic rings. The predicted octanol–water partition coefficient (Wildman–Crippen LogP) is 13.4. The molecule has 0 radical (unpaired) electrons. The van der Waals surface area contributed by atoms with Crippen LogP contribution in [0.15, 0.2) is 205 Å². The Morgan fingerprint density at radius 2 is 1.06 bits per heavy atom. The zero-order valence-electron chi connectivity index (χ0n) is 33.6. The van der Waals surface area contributed by atoms with Gasteiger partial charge in [-0.05, 0) is 71.8 Å². The van der Waals surface area contributed by atoms with E-state index in [0.29, 0.717) is 11.4 Å². The lowest BCUT2D eigenvalue weighted by atomic mass is 10.0. The molecule has 0 fully saturated rings. The summed E-state index contributed by atoms with van der Waals surface area (Å²) in [6.45, 7) is 0. The summed E-state index contributed by atoms with van der Waals surface area (Å²) in [6.07, 6.45) is 5.56. The fourth-order valence-corrected chi connectivity index (χ4v) is 9.17. The Labute approximate surface area is 360 Å². The van der Waals surface area contributed by atoms with Gasteiger partial charge in [0, 0.05) is 56.7 Å². The van der Waals surface area contributed by atoms with Crippen LogP contribution in [0.1, 0.15) is 0 Å². The van der Waals surface area contributed by atoms with Gasteiger partial charge in [-0.15, -0.1) is 0 Å². The first-order chi connectivity index (χ1) is 31.2. The maximum Gasteiger partial charge on any atom is 0.162 e. The van der Waals surface area contributed by atoms with Crippen LogP contribution in [0.3, 0.4) is 0 Å². The molecule has 294 valence electrons. The Morgan fingerprint density at radius 3 is 1.90 bits per heavy atom. The quantitative estimate of drug-likeness (QED) is 0.166. The van der Waals surface area contributed by atoms with E-state index in [4.69, 9.17) is 24.4 Å². The number of rotatable bonds is 6. The summed E-state index contributed by atoms with van der Waals surface area (Å²) in [7, 11) is 0. The summed E-state index contributed by atoms with van der Waals surface area (Å²) in [5.74, 6) is 1.49. The van der Waals surface area contributed by atoms with Crippen LogP contribution in [-0.2, 0) is 0 Å².